The zero-order chi connectivity index (χ0) is 12.3. The summed E-state index contributed by atoms with van der Waals surface area (Å²) in [7, 11) is 0. The summed E-state index contributed by atoms with van der Waals surface area (Å²) in [6, 6.07) is 9.84. The molecule has 1 aromatic carbocycles. The normalized spacial score (nSPS) is 16.3. The molecule has 0 radical (unpaired) electrons. The number of carbonyl (C=O) groups is 2. The van der Waals surface area contributed by atoms with Crippen LogP contribution in [-0.4, -0.2) is 17.7 Å². The molecular weight excluding hydrogens is 214 g/mol. The minimum atomic E-state index is -0.310. The van der Waals surface area contributed by atoms with Crippen molar-refractivity contribution in [3.8, 4) is 0 Å². The predicted octanol–water partition coefficient (Wildman–Crippen LogP) is 2.03. The number of carbonyl (C=O) groups excluding carboxylic acids is 2. The maximum Gasteiger partial charge on any atom is 0.221 e. The summed E-state index contributed by atoms with van der Waals surface area (Å²) in [5.41, 5.74) is 0.922. The molecule has 0 heterocycles. The summed E-state index contributed by atoms with van der Waals surface area (Å²) in [6.45, 7) is 1.54. The molecule has 1 saturated carbocycles. The fourth-order valence-corrected chi connectivity index (χ4v) is 1.88. The smallest absolute Gasteiger partial charge is 0.221 e. The standard InChI is InChI=1S/C14H17NO2/c1-10(16)13(11-5-3-2-4-6-11)9-14(17)15-12-7-8-12/h2-6,12-13H,7-9H2,1H3,(H,15,17). The Bertz CT molecular complexity index is 409. The number of amides is 1. The van der Waals surface area contributed by atoms with Crippen molar-refractivity contribution in [2.45, 2.75) is 38.1 Å². The van der Waals surface area contributed by atoms with Gasteiger partial charge in [-0.1, -0.05) is 30.3 Å². The SMILES string of the molecule is CC(=O)C(CC(=O)NC1CC1)c1ccccc1. The maximum atomic E-state index is 11.7. The first-order valence-corrected chi connectivity index (χ1v) is 6.01. The van der Waals surface area contributed by atoms with Crippen molar-refractivity contribution in [1.82, 2.24) is 5.32 Å². The van der Waals surface area contributed by atoms with Crippen LogP contribution in [0.15, 0.2) is 30.3 Å². The Balaban J connectivity index is 2.02. The van der Waals surface area contributed by atoms with E-state index in [1.165, 1.54) is 0 Å². The minimum absolute atomic E-state index is 0.0171. The van der Waals surface area contributed by atoms with E-state index in [0.29, 0.717) is 6.04 Å². The van der Waals surface area contributed by atoms with Crippen molar-refractivity contribution in [2.75, 3.05) is 0 Å². The van der Waals surface area contributed by atoms with Crippen LogP contribution in [0.4, 0.5) is 0 Å². The molecule has 0 aliphatic heterocycles. The van der Waals surface area contributed by atoms with E-state index in [1.54, 1.807) is 6.92 Å². The summed E-state index contributed by atoms with van der Waals surface area (Å²) in [4.78, 5) is 23.3. The van der Waals surface area contributed by atoms with Crippen molar-refractivity contribution < 1.29 is 9.59 Å². The Morgan fingerprint density at radius 1 is 1.29 bits per heavy atom. The molecule has 2 rings (SSSR count). The molecule has 1 unspecified atom stereocenters. The van der Waals surface area contributed by atoms with Crippen LogP contribution in [0.1, 0.15) is 37.7 Å². The number of hydrogen-bond donors (Lipinski definition) is 1. The van der Waals surface area contributed by atoms with Crippen LogP contribution in [0.2, 0.25) is 0 Å². The van der Waals surface area contributed by atoms with Gasteiger partial charge in [-0.2, -0.15) is 0 Å². The maximum absolute atomic E-state index is 11.7. The van der Waals surface area contributed by atoms with Gasteiger partial charge in [-0.05, 0) is 25.3 Å². The lowest BCUT2D eigenvalue weighted by molar-refractivity contribution is -0.125. The molecule has 0 aromatic heterocycles. The lowest BCUT2D eigenvalue weighted by atomic mass is 9.92. The van der Waals surface area contributed by atoms with Crippen molar-refractivity contribution in [1.29, 1.82) is 0 Å². The van der Waals surface area contributed by atoms with E-state index in [4.69, 9.17) is 0 Å². The fraction of sp³-hybridized carbons (Fsp3) is 0.429. The first-order chi connectivity index (χ1) is 8.16. The van der Waals surface area contributed by atoms with Crippen molar-refractivity contribution in [2.24, 2.45) is 0 Å². The van der Waals surface area contributed by atoms with Gasteiger partial charge in [0.1, 0.15) is 5.78 Å². The summed E-state index contributed by atoms with van der Waals surface area (Å²) < 4.78 is 0. The second-order valence-electron chi connectivity index (χ2n) is 4.62. The quantitative estimate of drug-likeness (QED) is 0.842. The minimum Gasteiger partial charge on any atom is -0.353 e. The number of Topliss-reactive ketones (excluding diaryl/α,β-unsaturated/α-hetero) is 1. The van der Waals surface area contributed by atoms with Crippen LogP contribution in [0.3, 0.4) is 0 Å². The molecule has 3 nitrogen and oxygen atoms in total. The van der Waals surface area contributed by atoms with Gasteiger partial charge in [0.2, 0.25) is 5.91 Å². The van der Waals surface area contributed by atoms with Gasteiger partial charge >= 0.3 is 0 Å². The predicted molar refractivity (Wildman–Crippen MR) is 65.6 cm³/mol. The first-order valence-electron chi connectivity index (χ1n) is 6.01. The summed E-state index contributed by atoms with van der Waals surface area (Å²) >= 11 is 0. The lowest BCUT2D eigenvalue weighted by Crippen LogP contribution is -2.28. The molecule has 0 saturated heterocycles. The van der Waals surface area contributed by atoms with E-state index >= 15 is 0 Å². The second-order valence-corrected chi connectivity index (χ2v) is 4.62. The number of rotatable bonds is 5. The second kappa shape index (κ2) is 5.13. The first kappa shape index (κ1) is 11.8. The zero-order valence-electron chi connectivity index (χ0n) is 9.98. The Morgan fingerprint density at radius 2 is 1.94 bits per heavy atom. The third kappa shape index (κ3) is 3.41. The Labute approximate surface area is 101 Å². The molecule has 1 fully saturated rings. The van der Waals surface area contributed by atoms with Gasteiger partial charge in [-0.3, -0.25) is 9.59 Å². The van der Waals surface area contributed by atoms with E-state index in [2.05, 4.69) is 5.32 Å². The molecule has 0 bridgehead atoms. The van der Waals surface area contributed by atoms with Crippen molar-refractivity contribution in [3.05, 3.63) is 35.9 Å². The lowest BCUT2D eigenvalue weighted by Gasteiger charge is -2.13. The number of nitrogens with one attached hydrogen (secondary N) is 1. The van der Waals surface area contributed by atoms with Crippen LogP contribution >= 0.6 is 0 Å². The van der Waals surface area contributed by atoms with E-state index < -0.39 is 0 Å². The van der Waals surface area contributed by atoms with E-state index in [0.717, 1.165) is 18.4 Å². The van der Waals surface area contributed by atoms with Crippen molar-refractivity contribution in [3.63, 3.8) is 0 Å². The molecule has 3 heteroatoms. The molecule has 1 amide bonds. The summed E-state index contributed by atoms with van der Waals surface area (Å²) in [5.74, 6) is -0.284. The highest BCUT2D eigenvalue weighted by Crippen LogP contribution is 2.23. The highest BCUT2D eigenvalue weighted by molar-refractivity contribution is 5.89. The van der Waals surface area contributed by atoms with E-state index in [-0.39, 0.29) is 24.0 Å². The molecular formula is C14H17NO2. The van der Waals surface area contributed by atoms with Crippen molar-refractivity contribution >= 4 is 11.7 Å². The van der Waals surface area contributed by atoms with E-state index in [1.807, 2.05) is 30.3 Å². The Hall–Kier alpha value is -1.64. The monoisotopic (exact) mass is 231 g/mol. The topological polar surface area (TPSA) is 46.2 Å². The summed E-state index contributed by atoms with van der Waals surface area (Å²) in [5, 5.41) is 2.92. The average molecular weight is 231 g/mol. The third-order valence-electron chi connectivity index (χ3n) is 3.02. The highest BCUT2D eigenvalue weighted by atomic mass is 16.2. The molecule has 1 atom stereocenters. The van der Waals surface area contributed by atoms with Gasteiger partial charge in [-0.25, -0.2) is 0 Å². The van der Waals surface area contributed by atoms with Gasteiger partial charge in [0, 0.05) is 12.5 Å². The molecule has 1 aliphatic carbocycles. The molecule has 17 heavy (non-hydrogen) atoms. The van der Waals surface area contributed by atoms with Crippen LogP contribution in [0, 0.1) is 0 Å². The third-order valence-corrected chi connectivity index (χ3v) is 3.02. The molecule has 1 aromatic rings. The van der Waals surface area contributed by atoms with E-state index in [9.17, 15) is 9.59 Å². The van der Waals surface area contributed by atoms with Gasteiger partial charge < -0.3 is 5.32 Å². The van der Waals surface area contributed by atoms with Crippen LogP contribution in [0.5, 0.6) is 0 Å². The molecule has 1 N–H and O–H groups in total. The van der Waals surface area contributed by atoms with Gasteiger partial charge in [0.15, 0.2) is 0 Å². The summed E-state index contributed by atoms with van der Waals surface area (Å²) in [6.07, 6.45) is 2.40. The number of benzene rings is 1. The Kier molecular flexibility index (Phi) is 3.57. The molecule has 1 aliphatic rings. The fourth-order valence-electron chi connectivity index (χ4n) is 1.88. The molecule has 90 valence electrons. The van der Waals surface area contributed by atoms with Crippen LogP contribution in [0.25, 0.3) is 0 Å². The number of hydrogen-bond acceptors (Lipinski definition) is 2. The zero-order valence-corrected chi connectivity index (χ0v) is 9.98. The largest absolute Gasteiger partial charge is 0.353 e. The van der Waals surface area contributed by atoms with Crippen LogP contribution < -0.4 is 5.32 Å². The van der Waals surface area contributed by atoms with Gasteiger partial charge in [0.05, 0.1) is 5.92 Å². The number of ketones is 1. The highest BCUT2D eigenvalue weighted by Gasteiger charge is 2.26. The van der Waals surface area contributed by atoms with Crippen LogP contribution in [-0.2, 0) is 9.59 Å². The average Bonchev–Trinajstić information content (AvgIpc) is 3.10. The molecule has 0 spiro atoms. The Morgan fingerprint density at radius 3 is 2.47 bits per heavy atom. The van der Waals surface area contributed by atoms with Gasteiger partial charge in [0.25, 0.3) is 0 Å². The van der Waals surface area contributed by atoms with Gasteiger partial charge in [-0.15, -0.1) is 0 Å².